The molecule has 0 atom stereocenters. The molecule has 33 heavy (non-hydrogen) atoms. The van der Waals surface area contributed by atoms with Crippen LogP contribution in [-0.2, 0) is 19.4 Å². The Bertz CT molecular complexity index is 1290. The van der Waals surface area contributed by atoms with Gasteiger partial charge < -0.3 is 15.2 Å². The van der Waals surface area contributed by atoms with Gasteiger partial charge in [-0.2, -0.15) is 0 Å². The van der Waals surface area contributed by atoms with Gasteiger partial charge in [0.1, 0.15) is 5.69 Å². The molecule has 0 spiro atoms. The lowest BCUT2D eigenvalue weighted by Crippen LogP contribution is -2.46. The molecule has 5 rings (SSSR count). The molecular weight excluding hydrogens is 421 g/mol. The first-order valence-electron chi connectivity index (χ1n) is 11.5. The summed E-state index contributed by atoms with van der Waals surface area (Å²) >= 11 is 0. The van der Waals surface area contributed by atoms with Gasteiger partial charge in [-0.1, -0.05) is 12.1 Å². The standard InChI is InChI=1S/C25H28FN5O2/c1-15-21(9-8-20(28-15)25(33)27-2)31-12-10-30(11-13-31)14-16-6-7-18-17-4-3-5-19(17)24(32)29-23(18)22(16)26/h6-9H,3-5,10-14H2,1-2H3,(H,27,33)(H,29,32). The Balaban J connectivity index is 1.30. The van der Waals surface area contributed by atoms with Gasteiger partial charge in [-0.05, 0) is 43.9 Å². The molecule has 2 N–H and O–H groups in total. The molecule has 1 aliphatic heterocycles. The Kier molecular flexibility index (Phi) is 5.62. The average Bonchev–Trinajstić information content (AvgIpc) is 3.32. The number of H-pyrrole nitrogens is 1. The first-order valence-corrected chi connectivity index (χ1v) is 11.5. The first-order chi connectivity index (χ1) is 16.0. The molecular formula is C25H28FN5O2. The monoisotopic (exact) mass is 449 g/mol. The van der Waals surface area contributed by atoms with Crippen LogP contribution in [0.3, 0.4) is 0 Å². The molecule has 1 aromatic carbocycles. The van der Waals surface area contributed by atoms with Crippen molar-refractivity contribution in [3.63, 3.8) is 0 Å². The summed E-state index contributed by atoms with van der Waals surface area (Å²) in [4.78, 5) is 35.9. The molecule has 1 saturated heterocycles. The van der Waals surface area contributed by atoms with Crippen LogP contribution in [0.25, 0.3) is 10.9 Å². The van der Waals surface area contributed by atoms with E-state index < -0.39 is 0 Å². The van der Waals surface area contributed by atoms with E-state index in [1.807, 2.05) is 25.1 Å². The number of pyridine rings is 2. The van der Waals surface area contributed by atoms with E-state index in [9.17, 15) is 9.59 Å². The fourth-order valence-electron chi connectivity index (χ4n) is 5.13. The second kappa shape index (κ2) is 8.59. The molecule has 2 aromatic heterocycles. The quantitative estimate of drug-likeness (QED) is 0.640. The van der Waals surface area contributed by atoms with E-state index in [2.05, 4.69) is 25.1 Å². The Morgan fingerprint density at radius 1 is 1.12 bits per heavy atom. The van der Waals surface area contributed by atoms with E-state index in [-0.39, 0.29) is 17.3 Å². The normalized spacial score (nSPS) is 16.3. The molecule has 0 bridgehead atoms. The number of fused-ring (bicyclic) bond motifs is 3. The third kappa shape index (κ3) is 3.88. The van der Waals surface area contributed by atoms with E-state index in [1.54, 1.807) is 13.1 Å². The van der Waals surface area contributed by atoms with Crippen LogP contribution in [-0.4, -0.2) is 54.0 Å². The van der Waals surface area contributed by atoms with E-state index in [0.717, 1.165) is 73.3 Å². The Morgan fingerprint density at radius 2 is 1.88 bits per heavy atom. The van der Waals surface area contributed by atoms with Crippen molar-refractivity contribution in [3.05, 3.63) is 68.5 Å². The number of anilines is 1. The topological polar surface area (TPSA) is 81.3 Å². The van der Waals surface area contributed by atoms with Crippen LogP contribution in [0.15, 0.2) is 29.1 Å². The number of aromatic amines is 1. The van der Waals surface area contributed by atoms with Crippen molar-refractivity contribution >= 4 is 22.5 Å². The van der Waals surface area contributed by atoms with Crippen molar-refractivity contribution in [2.75, 3.05) is 38.1 Å². The third-order valence-electron chi connectivity index (χ3n) is 6.90. The minimum Gasteiger partial charge on any atom is -0.368 e. The molecule has 0 radical (unpaired) electrons. The molecule has 2 aliphatic rings. The van der Waals surface area contributed by atoms with Gasteiger partial charge in [-0.15, -0.1) is 0 Å². The van der Waals surface area contributed by atoms with Gasteiger partial charge in [0.15, 0.2) is 5.82 Å². The zero-order chi connectivity index (χ0) is 23.1. The maximum Gasteiger partial charge on any atom is 0.269 e. The number of piperazine rings is 1. The summed E-state index contributed by atoms with van der Waals surface area (Å²) in [6.07, 6.45) is 2.57. The van der Waals surface area contributed by atoms with E-state index in [1.165, 1.54) is 0 Å². The van der Waals surface area contributed by atoms with Crippen molar-refractivity contribution < 1.29 is 9.18 Å². The summed E-state index contributed by atoms with van der Waals surface area (Å²) in [6.45, 7) is 5.57. The highest BCUT2D eigenvalue weighted by molar-refractivity contribution is 5.92. The lowest BCUT2D eigenvalue weighted by Gasteiger charge is -2.36. The zero-order valence-corrected chi connectivity index (χ0v) is 19.0. The fourth-order valence-corrected chi connectivity index (χ4v) is 5.13. The zero-order valence-electron chi connectivity index (χ0n) is 19.0. The van der Waals surface area contributed by atoms with Gasteiger partial charge in [-0.3, -0.25) is 14.5 Å². The number of aryl methyl sites for hydroxylation is 2. The predicted octanol–water partition coefficient (Wildman–Crippen LogP) is 2.54. The van der Waals surface area contributed by atoms with Crippen LogP contribution in [0.1, 0.15) is 39.3 Å². The summed E-state index contributed by atoms with van der Waals surface area (Å²) in [5, 5.41) is 3.44. The molecule has 3 heterocycles. The summed E-state index contributed by atoms with van der Waals surface area (Å²) < 4.78 is 15.4. The second-order valence-corrected chi connectivity index (χ2v) is 8.87. The largest absolute Gasteiger partial charge is 0.368 e. The van der Waals surface area contributed by atoms with Gasteiger partial charge in [0.05, 0.1) is 16.9 Å². The molecule has 0 saturated carbocycles. The van der Waals surface area contributed by atoms with Crippen LogP contribution < -0.4 is 15.8 Å². The number of carbonyl (C=O) groups excluding carboxylic acids is 1. The number of rotatable bonds is 4. The van der Waals surface area contributed by atoms with Crippen LogP contribution in [0, 0.1) is 12.7 Å². The second-order valence-electron chi connectivity index (χ2n) is 8.87. The highest BCUT2D eigenvalue weighted by Crippen LogP contribution is 2.29. The van der Waals surface area contributed by atoms with Crippen LogP contribution in [0.5, 0.6) is 0 Å². The Morgan fingerprint density at radius 3 is 2.61 bits per heavy atom. The summed E-state index contributed by atoms with van der Waals surface area (Å²) in [7, 11) is 1.59. The number of benzene rings is 1. The molecule has 1 fully saturated rings. The Labute approximate surface area is 191 Å². The van der Waals surface area contributed by atoms with E-state index in [0.29, 0.717) is 23.3 Å². The van der Waals surface area contributed by atoms with Gasteiger partial charge in [0.2, 0.25) is 0 Å². The lowest BCUT2D eigenvalue weighted by molar-refractivity contribution is 0.0958. The number of aromatic nitrogens is 2. The summed E-state index contributed by atoms with van der Waals surface area (Å²) in [5.41, 5.74) is 4.89. The molecule has 1 aliphatic carbocycles. The van der Waals surface area contributed by atoms with Crippen molar-refractivity contribution in [3.8, 4) is 0 Å². The van der Waals surface area contributed by atoms with Crippen molar-refractivity contribution in [2.24, 2.45) is 0 Å². The summed E-state index contributed by atoms with van der Waals surface area (Å²) in [6, 6.07) is 7.52. The smallest absolute Gasteiger partial charge is 0.269 e. The van der Waals surface area contributed by atoms with Crippen molar-refractivity contribution in [1.82, 2.24) is 20.2 Å². The molecule has 3 aromatic rings. The number of nitrogens with zero attached hydrogens (tertiary/aromatic N) is 3. The van der Waals surface area contributed by atoms with Crippen LogP contribution in [0.2, 0.25) is 0 Å². The van der Waals surface area contributed by atoms with Crippen LogP contribution in [0.4, 0.5) is 10.1 Å². The summed E-state index contributed by atoms with van der Waals surface area (Å²) in [5.74, 6) is -0.509. The van der Waals surface area contributed by atoms with E-state index >= 15 is 4.39 Å². The number of halogens is 1. The minimum atomic E-state index is -0.313. The van der Waals surface area contributed by atoms with Gasteiger partial charge in [-0.25, -0.2) is 9.37 Å². The number of hydrogen-bond acceptors (Lipinski definition) is 5. The fraction of sp³-hybridized carbons (Fsp3) is 0.400. The number of carbonyl (C=O) groups is 1. The average molecular weight is 450 g/mol. The molecule has 8 heteroatoms. The number of amides is 1. The van der Waals surface area contributed by atoms with Gasteiger partial charge in [0, 0.05) is 56.3 Å². The van der Waals surface area contributed by atoms with Crippen LogP contribution >= 0.6 is 0 Å². The highest BCUT2D eigenvalue weighted by Gasteiger charge is 2.23. The molecule has 1 amide bonds. The molecule has 7 nitrogen and oxygen atoms in total. The third-order valence-corrected chi connectivity index (χ3v) is 6.90. The number of hydrogen-bond donors (Lipinski definition) is 2. The maximum absolute atomic E-state index is 15.4. The SMILES string of the molecule is CNC(=O)c1ccc(N2CCN(Cc3ccc4c5c(c(=O)[nH]c4c3F)CCC5)CC2)c(C)n1. The van der Waals surface area contributed by atoms with Gasteiger partial charge >= 0.3 is 0 Å². The molecule has 0 unspecified atom stereocenters. The van der Waals surface area contributed by atoms with Crippen molar-refractivity contribution in [2.45, 2.75) is 32.7 Å². The number of nitrogens with one attached hydrogen (secondary N) is 2. The minimum absolute atomic E-state index is 0.147. The lowest BCUT2D eigenvalue weighted by atomic mass is 10.0. The predicted molar refractivity (Wildman–Crippen MR) is 126 cm³/mol. The van der Waals surface area contributed by atoms with Gasteiger partial charge in [0.25, 0.3) is 11.5 Å². The molecule has 172 valence electrons. The van der Waals surface area contributed by atoms with Crippen molar-refractivity contribution in [1.29, 1.82) is 0 Å². The maximum atomic E-state index is 15.4. The Hall–Kier alpha value is -3.26. The first kappa shape index (κ1) is 21.6. The van der Waals surface area contributed by atoms with E-state index in [4.69, 9.17) is 0 Å². The highest BCUT2D eigenvalue weighted by atomic mass is 19.1.